The zero-order chi connectivity index (χ0) is 29.2. The van der Waals surface area contributed by atoms with E-state index in [1.54, 1.807) is 0 Å². The minimum absolute atomic E-state index is 0.0743. The highest BCUT2D eigenvalue weighted by Crippen LogP contribution is 2.56. The molecule has 6 rings (SSSR count). The van der Waals surface area contributed by atoms with Crippen LogP contribution in [0.25, 0.3) is 0 Å². The Morgan fingerprint density at radius 1 is 0.585 bits per heavy atom. The Morgan fingerprint density at radius 3 is 1.83 bits per heavy atom. The Labute approximate surface area is 232 Å². The summed E-state index contributed by atoms with van der Waals surface area (Å²) in [6.45, 7) is 0. The molecular formula is C30H26O11. The van der Waals surface area contributed by atoms with E-state index in [1.807, 2.05) is 0 Å². The van der Waals surface area contributed by atoms with Crippen molar-refractivity contribution in [2.75, 3.05) is 0 Å². The smallest absolute Gasteiger partial charge is 0.157 e. The van der Waals surface area contributed by atoms with Crippen LogP contribution in [-0.2, 0) is 6.42 Å². The van der Waals surface area contributed by atoms with Crippen LogP contribution in [0.15, 0.2) is 60.7 Å². The maximum atomic E-state index is 11.7. The average molecular weight is 563 g/mol. The Morgan fingerprint density at radius 2 is 1.22 bits per heavy atom. The molecule has 4 aromatic rings. The van der Waals surface area contributed by atoms with E-state index in [-0.39, 0.29) is 68.9 Å². The number of aliphatic hydroxyl groups excluding tert-OH is 2. The topological polar surface area (TPSA) is 201 Å². The van der Waals surface area contributed by atoms with E-state index in [9.17, 15) is 46.0 Å². The Hall–Kier alpha value is -5.00. The summed E-state index contributed by atoms with van der Waals surface area (Å²) in [5.74, 6) is -3.35. The van der Waals surface area contributed by atoms with Gasteiger partial charge in [0.25, 0.3) is 0 Å². The third kappa shape index (κ3) is 4.31. The number of aromatic hydroxyl groups is 7. The maximum absolute atomic E-state index is 11.7. The van der Waals surface area contributed by atoms with Gasteiger partial charge in [0, 0.05) is 41.2 Å². The first-order valence-electron chi connectivity index (χ1n) is 12.7. The second-order valence-electron chi connectivity index (χ2n) is 10.2. The van der Waals surface area contributed by atoms with Crippen molar-refractivity contribution in [1.29, 1.82) is 0 Å². The molecule has 0 amide bonds. The molecule has 11 heteroatoms. The largest absolute Gasteiger partial charge is 0.508 e. The van der Waals surface area contributed by atoms with Crippen LogP contribution in [-0.4, -0.2) is 58.2 Å². The van der Waals surface area contributed by atoms with Gasteiger partial charge in [0.05, 0.1) is 6.10 Å². The highest BCUT2D eigenvalue weighted by Gasteiger charge is 2.45. The zero-order valence-electron chi connectivity index (χ0n) is 21.2. The van der Waals surface area contributed by atoms with Gasteiger partial charge in [-0.05, 0) is 41.5 Å². The lowest BCUT2D eigenvalue weighted by Gasteiger charge is -2.41. The predicted octanol–water partition coefficient (Wildman–Crippen LogP) is 3.29. The van der Waals surface area contributed by atoms with Crippen LogP contribution in [0.2, 0.25) is 0 Å². The molecule has 0 saturated heterocycles. The van der Waals surface area contributed by atoms with Crippen LogP contribution in [0.4, 0.5) is 0 Å². The summed E-state index contributed by atoms with van der Waals surface area (Å²) in [6, 6.07) is 13.0. The van der Waals surface area contributed by atoms with Gasteiger partial charge in [0.1, 0.15) is 41.0 Å². The molecule has 11 nitrogen and oxygen atoms in total. The van der Waals surface area contributed by atoms with E-state index in [2.05, 4.69) is 0 Å². The Kier molecular flexibility index (Phi) is 6.13. The summed E-state index contributed by atoms with van der Waals surface area (Å²) >= 11 is 0. The first-order chi connectivity index (χ1) is 19.5. The fourth-order valence-corrected chi connectivity index (χ4v) is 5.60. The van der Waals surface area contributed by atoms with Gasteiger partial charge in [-0.25, -0.2) is 0 Å². The molecule has 0 radical (unpaired) electrons. The lowest BCUT2D eigenvalue weighted by Crippen LogP contribution is -2.37. The van der Waals surface area contributed by atoms with E-state index in [0.717, 1.165) is 6.07 Å². The Bertz CT molecular complexity index is 1670. The monoisotopic (exact) mass is 562 g/mol. The Balaban J connectivity index is 1.55. The van der Waals surface area contributed by atoms with Crippen molar-refractivity contribution in [2.24, 2.45) is 0 Å². The van der Waals surface area contributed by atoms with Crippen molar-refractivity contribution in [1.82, 2.24) is 0 Å². The number of benzene rings is 4. The van der Waals surface area contributed by atoms with E-state index >= 15 is 0 Å². The maximum Gasteiger partial charge on any atom is 0.157 e. The van der Waals surface area contributed by atoms with Crippen LogP contribution in [0.5, 0.6) is 51.7 Å². The number of phenols is 7. The number of ether oxygens (including phenoxy) is 2. The fraction of sp³-hybridized carbons (Fsp3) is 0.200. The molecule has 0 fully saturated rings. The number of phenolic OH excluding ortho intramolecular Hbond substituents is 7. The quantitative estimate of drug-likeness (QED) is 0.166. The summed E-state index contributed by atoms with van der Waals surface area (Å²) < 4.78 is 12.4. The minimum atomic E-state index is -1.43. The molecule has 5 atom stereocenters. The van der Waals surface area contributed by atoms with E-state index in [4.69, 9.17) is 9.47 Å². The van der Waals surface area contributed by atoms with Crippen molar-refractivity contribution < 1.29 is 55.4 Å². The fourth-order valence-electron chi connectivity index (χ4n) is 5.60. The second-order valence-corrected chi connectivity index (χ2v) is 10.2. The predicted molar refractivity (Wildman–Crippen MR) is 142 cm³/mol. The van der Waals surface area contributed by atoms with Crippen molar-refractivity contribution in [3.05, 3.63) is 88.5 Å². The number of rotatable bonds is 3. The zero-order valence-corrected chi connectivity index (χ0v) is 21.2. The molecule has 2 aliphatic rings. The highest BCUT2D eigenvalue weighted by atomic mass is 16.5. The molecule has 0 bridgehead atoms. The van der Waals surface area contributed by atoms with Crippen LogP contribution in [0.3, 0.4) is 0 Å². The molecule has 4 aromatic carbocycles. The van der Waals surface area contributed by atoms with Gasteiger partial charge >= 0.3 is 0 Å². The van der Waals surface area contributed by atoms with Gasteiger partial charge < -0.3 is 55.4 Å². The summed E-state index contributed by atoms with van der Waals surface area (Å²) in [5.41, 5.74) is 1.26. The summed E-state index contributed by atoms with van der Waals surface area (Å²) in [7, 11) is 0. The molecule has 0 aromatic heterocycles. The molecule has 212 valence electrons. The van der Waals surface area contributed by atoms with Gasteiger partial charge in [-0.1, -0.05) is 18.2 Å². The van der Waals surface area contributed by atoms with Gasteiger partial charge in [-0.15, -0.1) is 0 Å². The SMILES string of the molecule is Oc1ccc([C@H]2c3c(cc(O)c4c3O[C@H](c3ccc(O)c(O)c3)[C@@H](O)C4)O[C@@H](c3ccc(O)c(O)c3)[C@@H]2O)c(O)c1. The van der Waals surface area contributed by atoms with Crippen molar-refractivity contribution in [3.8, 4) is 51.7 Å². The molecule has 0 unspecified atom stereocenters. The third-order valence-electron chi connectivity index (χ3n) is 7.59. The molecule has 2 aliphatic heterocycles. The lowest BCUT2D eigenvalue weighted by molar-refractivity contribution is -0.00244. The van der Waals surface area contributed by atoms with E-state index in [1.165, 1.54) is 54.6 Å². The van der Waals surface area contributed by atoms with Gasteiger partial charge in [-0.2, -0.15) is 0 Å². The van der Waals surface area contributed by atoms with Gasteiger partial charge in [0.15, 0.2) is 29.1 Å². The number of hydrogen-bond donors (Lipinski definition) is 9. The molecule has 41 heavy (non-hydrogen) atoms. The van der Waals surface area contributed by atoms with Crippen LogP contribution < -0.4 is 9.47 Å². The normalized spacial score (nSPS) is 23.1. The van der Waals surface area contributed by atoms with Crippen LogP contribution in [0.1, 0.15) is 45.9 Å². The first-order valence-corrected chi connectivity index (χ1v) is 12.7. The van der Waals surface area contributed by atoms with E-state index < -0.39 is 41.8 Å². The minimum Gasteiger partial charge on any atom is -0.508 e. The molecule has 0 saturated carbocycles. The van der Waals surface area contributed by atoms with Gasteiger partial charge in [-0.3, -0.25) is 0 Å². The second kappa shape index (κ2) is 9.58. The number of fused-ring (bicyclic) bond motifs is 3. The summed E-state index contributed by atoms with van der Waals surface area (Å²) in [6.07, 6.45) is -4.89. The van der Waals surface area contributed by atoms with Crippen LogP contribution >= 0.6 is 0 Å². The summed E-state index contributed by atoms with van der Waals surface area (Å²) in [4.78, 5) is 0. The summed E-state index contributed by atoms with van der Waals surface area (Å²) in [5, 5.41) is 94.1. The molecule has 0 spiro atoms. The van der Waals surface area contributed by atoms with E-state index in [0.29, 0.717) is 5.56 Å². The van der Waals surface area contributed by atoms with Crippen LogP contribution in [0, 0.1) is 0 Å². The van der Waals surface area contributed by atoms with Crippen molar-refractivity contribution >= 4 is 0 Å². The number of aliphatic hydroxyl groups is 2. The van der Waals surface area contributed by atoms with Crippen molar-refractivity contribution in [3.63, 3.8) is 0 Å². The first kappa shape index (κ1) is 26.2. The molecule has 2 heterocycles. The molecular weight excluding hydrogens is 536 g/mol. The lowest BCUT2D eigenvalue weighted by atomic mass is 9.77. The third-order valence-corrected chi connectivity index (χ3v) is 7.59. The standard InChI is InChI=1S/C30H26O11/c31-14-3-4-15(19(34)9-14)25-26-24(40-29(27(25)39)13-2-6-18(33)22(37)8-13)11-20(35)16-10-23(38)28(41-30(16)26)12-1-5-17(32)21(36)7-12/h1-9,11,23,25,27-29,31-39H,10H2/t23-,25-,27+,28+,29-/m0/s1. The van der Waals surface area contributed by atoms with Gasteiger partial charge in [0.2, 0.25) is 0 Å². The highest BCUT2D eigenvalue weighted by molar-refractivity contribution is 5.64. The molecule has 0 aliphatic carbocycles. The molecule has 9 N–H and O–H groups in total. The number of hydrogen-bond acceptors (Lipinski definition) is 11. The average Bonchev–Trinajstić information content (AvgIpc) is 2.92. The van der Waals surface area contributed by atoms with Crippen molar-refractivity contribution in [2.45, 2.75) is 36.8 Å².